The van der Waals surface area contributed by atoms with Gasteiger partial charge in [0.1, 0.15) is 31.1 Å². The Labute approximate surface area is 213 Å². The molecule has 1 heterocycles. The zero-order valence-corrected chi connectivity index (χ0v) is 21.9. The number of methoxy groups -OCH3 is 2. The smallest absolute Gasteiger partial charge is 0.325 e. The van der Waals surface area contributed by atoms with Gasteiger partial charge in [0.25, 0.3) is 0 Å². The van der Waals surface area contributed by atoms with E-state index >= 15 is 0 Å². The minimum atomic E-state index is -3.70. The first-order valence-corrected chi connectivity index (χ1v) is 13.9. The molecule has 4 atom stereocenters. The molecule has 1 unspecified atom stereocenters. The first-order valence-electron chi connectivity index (χ1n) is 11.9. The van der Waals surface area contributed by atoms with E-state index in [0.717, 1.165) is 28.2 Å². The molecule has 1 saturated heterocycles. The molecular formula is C27H32BO7P. The van der Waals surface area contributed by atoms with Crippen molar-refractivity contribution in [3.63, 3.8) is 0 Å². The van der Waals surface area contributed by atoms with Gasteiger partial charge < -0.3 is 28.4 Å². The largest absolute Gasteiger partial charge is 0.497 e. The van der Waals surface area contributed by atoms with Crippen molar-refractivity contribution in [1.29, 1.82) is 0 Å². The van der Waals surface area contributed by atoms with Gasteiger partial charge in [0.2, 0.25) is 0 Å². The Kier molecular flexibility index (Phi) is 8.23. The molecule has 3 aromatic rings. The molecule has 190 valence electrons. The van der Waals surface area contributed by atoms with Gasteiger partial charge in [-0.2, -0.15) is 0 Å². The fraction of sp³-hybridized carbons (Fsp3) is 0.333. The van der Waals surface area contributed by atoms with Crippen molar-refractivity contribution in [3.8, 4) is 11.5 Å². The molecule has 0 saturated carbocycles. The van der Waals surface area contributed by atoms with Crippen LogP contribution in [0.2, 0.25) is 0 Å². The van der Waals surface area contributed by atoms with Gasteiger partial charge in [-0.1, -0.05) is 54.6 Å². The summed E-state index contributed by atoms with van der Waals surface area (Å²) in [5, 5.41) is 0. The van der Waals surface area contributed by atoms with Crippen LogP contribution in [0.4, 0.5) is 0 Å². The summed E-state index contributed by atoms with van der Waals surface area (Å²) in [6.07, 6.45) is -0.559. The molecule has 0 aromatic heterocycles. The van der Waals surface area contributed by atoms with Gasteiger partial charge in [-0.3, -0.25) is 4.57 Å². The van der Waals surface area contributed by atoms with E-state index in [9.17, 15) is 9.46 Å². The Bertz CT molecular complexity index is 1120. The molecule has 9 heteroatoms. The van der Waals surface area contributed by atoms with Gasteiger partial charge in [-0.25, -0.2) is 0 Å². The molecule has 0 aliphatic carbocycles. The number of benzene rings is 3. The summed E-state index contributed by atoms with van der Waals surface area (Å²) in [7, 11) is 1.48. The summed E-state index contributed by atoms with van der Waals surface area (Å²) in [5.41, 5.74) is 1.71. The average Bonchev–Trinajstić information content (AvgIpc) is 3.22. The lowest BCUT2D eigenvalue weighted by molar-refractivity contribution is -0.0707. The van der Waals surface area contributed by atoms with E-state index in [1.165, 1.54) is 6.66 Å². The van der Waals surface area contributed by atoms with E-state index in [4.69, 9.17) is 23.5 Å². The third kappa shape index (κ3) is 5.85. The second-order valence-electron chi connectivity index (χ2n) is 8.98. The normalized spacial score (nSPS) is 21.6. The molecule has 3 aromatic carbocycles. The van der Waals surface area contributed by atoms with E-state index in [0.29, 0.717) is 6.42 Å². The first-order chi connectivity index (χ1) is 17.2. The Morgan fingerprint density at radius 3 is 1.89 bits per heavy atom. The van der Waals surface area contributed by atoms with Crippen molar-refractivity contribution in [2.75, 3.05) is 27.5 Å². The van der Waals surface area contributed by atoms with Crippen LogP contribution in [-0.2, 0) is 24.2 Å². The van der Waals surface area contributed by atoms with Crippen LogP contribution in [0.1, 0.15) is 23.1 Å². The molecule has 1 aliphatic rings. The van der Waals surface area contributed by atoms with Crippen molar-refractivity contribution in [1.82, 2.24) is 0 Å². The summed E-state index contributed by atoms with van der Waals surface area (Å²) in [5.74, 6) is 1.47. The summed E-state index contributed by atoms with van der Waals surface area (Å²) < 4.78 is 41.2. The Balaban J connectivity index is 1.80. The Morgan fingerprint density at radius 1 is 0.917 bits per heavy atom. The van der Waals surface area contributed by atoms with Crippen molar-refractivity contribution in [2.24, 2.45) is 0 Å². The monoisotopic (exact) mass is 510 g/mol. The molecule has 0 spiro atoms. The van der Waals surface area contributed by atoms with Crippen molar-refractivity contribution < 1.29 is 32.9 Å². The van der Waals surface area contributed by atoms with E-state index in [1.54, 1.807) is 14.2 Å². The molecule has 0 radical (unpaired) electrons. The van der Waals surface area contributed by atoms with E-state index < -0.39 is 25.4 Å². The van der Waals surface area contributed by atoms with Crippen LogP contribution < -0.4 is 9.47 Å². The summed E-state index contributed by atoms with van der Waals surface area (Å²) in [4.78, 5) is 9.86. The van der Waals surface area contributed by atoms with Crippen LogP contribution in [-0.4, -0.2) is 58.4 Å². The van der Waals surface area contributed by atoms with Gasteiger partial charge in [0, 0.05) is 12.7 Å². The summed E-state index contributed by atoms with van der Waals surface area (Å²) in [6, 6.07) is 25.4. The van der Waals surface area contributed by atoms with Gasteiger partial charge in [-0.15, -0.1) is 0 Å². The zero-order valence-electron chi connectivity index (χ0n) is 21.0. The second kappa shape index (κ2) is 11.2. The standard InChI is InChI=1S/C27H32BO7P/c1-31-22-13-9-20(10-14-22)27(19-7-5-4-6-8-19,21-11-15-23(32-2)16-12-21)33-18-25-24(17-26(28)34-25)35-36(3,29)30/h4-16,24-26H,17-18,28H2,1-3H3,(H,29,30)/t24-,25-,26-/m1/s1. The lowest BCUT2D eigenvalue weighted by atomic mass is 9.80. The maximum Gasteiger partial charge on any atom is 0.325 e. The van der Waals surface area contributed by atoms with Crippen LogP contribution in [0.25, 0.3) is 0 Å². The van der Waals surface area contributed by atoms with E-state index in [2.05, 4.69) is 0 Å². The lowest BCUT2D eigenvalue weighted by Gasteiger charge is -2.37. The Morgan fingerprint density at radius 2 is 1.42 bits per heavy atom. The highest BCUT2D eigenvalue weighted by molar-refractivity contribution is 7.51. The highest BCUT2D eigenvalue weighted by atomic mass is 31.2. The van der Waals surface area contributed by atoms with Gasteiger partial charge in [0.05, 0.1) is 26.9 Å². The van der Waals surface area contributed by atoms with Crippen LogP contribution >= 0.6 is 7.60 Å². The lowest BCUT2D eigenvalue weighted by Crippen LogP contribution is -2.38. The SMILES string of the molecule is B[C@H]1C[C@@H](OP(C)(=O)O)[C@@H](COC(c2ccccc2)(c2ccc(OC)cc2)c2ccc(OC)cc2)O1. The fourth-order valence-corrected chi connectivity index (χ4v) is 5.43. The maximum atomic E-state index is 12.0. The minimum absolute atomic E-state index is 0.122. The second-order valence-corrected chi connectivity index (χ2v) is 10.8. The maximum absolute atomic E-state index is 12.0. The highest BCUT2D eigenvalue weighted by Crippen LogP contribution is 2.44. The molecule has 0 bridgehead atoms. The topological polar surface area (TPSA) is 83.5 Å². The molecule has 0 amide bonds. The Hall–Kier alpha value is -2.61. The van der Waals surface area contributed by atoms with E-state index in [-0.39, 0.29) is 12.6 Å². The predicted octanol–water partition coefficient (Wildman–Crippen LogP) is 3.96. The van der Waals surface area contributed by atoms with E-state index in [1.807, 2.05) is 86.7 Å². The minimum Gasteiger partial charge on any atom is -0.497 e. The average molecular weight is 510 g/mol. The molecule has 4 rings (SSSR count). The number of hydrogen-bond donors (Lipinski definition) is 1. The van der Waals surface area contributed by atoms with Crippen LogP contribution in [0.15, 0.2) is 78.9 Å². The van der Waals surface area contributed by atoms with Gasteiger partial charge in [-0.05, 0) is 47.4 Å². The fourth-order valence-electron chi connectivity index (χ4n) is 4.71. The predicted molar refractivity (Wildman–Crippen MR) is 141 cm³/mol. The molecule has 36 heavy (non-hydrogen) atoms. The summed E-state index contributed by atoms with van der Waals surface area (Å²) in [6.45, 7) is 1.33. The number of rotatable bonds is 10. The van der Waals surface area contributed by atoms with Crippen LogP contribution in [0, 0.1) is 0 Å². The number of ether oxygens (including phenoxy) is 4. The summed E-state index contributed by atoms with van der Waals surface area (Å²) >= 11 is 0. The molecule has 1 fully saturated rings. The quantitative estimate of drug-likeness (QED) is 0.251. The van der Waals surface area contributed by atoms with Gasteiger partial charge in [0.15, 0.2) is 0 Å². The molecule has 1 aliphatic heterocycles. The number of hydrogen-bond acceptors (Lipinski definition) is 6. The van der Waals surface area contributed by atoms with Crippen LogP contribution in [0.5, 0.6) is 11.5 Å². The third-order valence-electron chi connectivity index (χ3n) is 6.35. The van der Waals surface area contributed by atoms with Crippen molar-refractivity contribution >= 4 is 15.4 Å². The molecule has 1 N–H and O–H groups in total. The van der Waals surface area contributed by atoms with Crippen molar-refractivity contribution in [2.45, 2.75) is 30.2 Å². The highest BCUT2D eigenvalue weighted by Gasteiger charge is 2.42. The molecule has 7 nitrogen and oxygen atoms in total. The van der Waals surface area contributed by atoms with Crippen LogP contribution in [0.3, 0.4) is 0 Å². The zero-order chi connectivity index (χ0) is 25.8. The van der Waals surface area contributed by atoms with Crippen molar-refractivity contribution in [3.05, 3.63) is 95.6 Å². The van der Waals surface area contributed by atoms with Gasteiger partial charge >= 0.3 is 7.60 Å². The third-order valence-corrected chi connectivity index (χ3v) is 7.02. The molecular weight excluding hydrogens is 478 g/mol. The first kappa shape index (κ1) is 26.5.